The van der Waals surface area contributed by atoms with Gasteiger partial charge in [-0.1, -0.05) is 11.6 Å². The minimum atomic E-state index is -0.282. The molecule has 1 fully saturated rings. The average molecular weight is 254 g/mol. The number of hydrogen-bond donors (Lipinski definition) is 1. The van der Waals surface area contributed by atoms with Crippen molar-refractivity contribution in [1.82, 2.24) is 5.32 Å². The number of esters is 1. The number of ether oxygens (including phenoxy) is 1. The lowest BCUT2D eigenvalue weighted by molar-refractivity contribution is 0.0598. The second-order valence-electron chi connectivity index (χ2n) is 4.25. The molecule has 1 N–H and O–H groups in total. The highest BCUT2D eigenvalue weighted by Gasteiger charge is 2.21. The van der Waals surface area contributed by atoms with Gasteiger partial charge in [0, 0.05) is 5.02 Å². The summed E-state index contributed by atoms with van der Waals surface area (Å²) in [5.74, 6) is 0.110. The molecule has 3 nitrogen and oxygen atoms in total. The first-order valence-corrected chi connectivity index (χ1v) is 6.18. The van der Waals surface area contributed by atoms with E-state index in [1.165, 1.54) is 7.11 Å². The van der Waals surface area contributed by atoms with E-state index in [1.54, 1.807) is 12.1 Å². The van der Waals surface area contributed by atoms with Gasteiger partial charge in [0.15, 0.2) is 0 Å². The molecule has 1 aliphatic heterocycles. The number of carbonyl (C=O) groups is 1. The fourth-order valence-electron chi connectivity index (χ4n) is 2.30. The lowest BCUT2D eigenvalue weighted by Crippen LogP contribution is -2.27. The van der Waals surface area contributed by atoms with Crippen LogP contribution in [-0.2, 0) is 4.74 Å². The third kappa shape index (κ3) is 2.79. The van der Waals surface area contributed by atoms with Crippen LogP contribution in [0, 0.1) is 0 Å². The van der Waals surface area contributed by atoms with Gasteiger partial charge in [-0.2, -0.15) is 0 Å². The highest BCUT2D eigenvalue weighted by atomic mass is 35.5. The van der Waals surface area contributed by atoms with Crippen LogP contribution in [0.3, 0.4) is 0 Å². The first-order chi connectivity index (χ1) is 8.22. The average Bonchev–Trinajstić information content (AvgIpc) is 2.39. The van der Waals surface area contributed by atoms with Crippen molar-refractivity contribution in [2.45, 2.75) is 18.8 Å². The molecule has 92 valence electrons. The Bertz CT molecular complexity index is 414. The van der Waals surface area contributed by atoms with E-state index in [0.717, 1.165) is 31.5 Å². The number of methoxy groups -OCH3 is 1. The van der Waals surface area contributed by atoms with Crippen molar-refractivity contribution in [1.29, 1.82) is 0 Å². The summed E-state index contributed by atoms with van der Waals surface area (Å²) in [5, 5.41) is 3.98. The van der Waals surface area contributed by atoms with Crippen molar-refractivity contribution < 1.29 is 9.53 Å². The molecule has 0 bridgehead atoms. The smallest absolute Gasteiger partial charge is 0.338 e. The Balaban J connectivity index is 2.35. The summed E-state index contributed by atoms with van der Waals surface area (Å²) in [6, 6.07) is 5.38. The van der Waals surface area contributed by atoms with Gasteiger partial charge in [-0.3, -0.25) is 0 Å². The summed E-state index contributed by atoms with van der Waals surface area (Å²) >= 11 is 6.02. The number of benzene rings is 1. The maximum absolute atomic E-state index is 11.7. The summed E-state index contributed by atoms with van der Waals surface area (Å²) < 4.78 is 4.81. The number of nitrogens with one attached hydrogen (secondary N) is 1. The van der Waals surface area contributed by atoms with Crippen molar-refractivity contribution in [3.63, 3.8) is 0 Å². The van der Waals surface area contributed by atoms with Crippen molar-refractivity contribution in [2.75, 3.05) is 20.2 Å². The Morgan fingerprint density at radius 3 is 2.76 bits per heavy atom. The maximum atomic E-state index is 11.7. The molecule has 0 spiro atoms. The van der Waals surface area contributed by atoms with Crippen LogP contribution in [0.5, 0.6) is 0 Å². The highest BCUT2D eigenvalue weighted by molar-refractivity contribution is 6.30. The van der Waals surface area contributed by atoms with Crippen molar-refractivity contribution >= 4 is 17.6 Å². The quantitative estimate of drug-likeness (QED) is 0.824. The zero-order valence-electron chi connectivity index (χ0n) is 9.83. The zero-order valence-corrected chi connectivity index (χ0v) is 10.6. The van der Waals surface area contributed by atoms with E-state index in [9.17, 15) is 4.79 Å². The highest BCUT2D eigenvalue weighted by Crippen LogP contribution is 2.30. The summed E-state index contributed by atoms with van der Waals surface area (Å²) in [4.78, 5) is 11.7. The van der Waals surface area contributed by atoms with Crippen LogP contribution in [0.1, 0.15) is 34.7 Å². The summed E-state index contributed by atoms with van der Waals surface area (Å²) in [7, 11) is 1.41. The third-order valence-corrected chi connectivity index (χ3v) is 3.43. The lowest BCUT2D eigenvalue weighted by atomic mass is 9.87. The molecule has 1 aromatic carbocycles. The van der Waals surface area contributed by atoms with Crippen LogP contribution in [0.25, 0.3) is 0 Å². The first kappa shape index (κ1) is 12.4. The molecule has 17 heavy (non-hydrogen) atoms. The first-order valence-electron chi connectivity index (χ1n) is 5.81. The van der Waals surface area contributed by atoms with Crippen LogP contribution < -0.4 is 5.32 Å². The van der Waals surface area contributed by atoms with Gasteiger partial charge < -0.3 is 10.1 Å². The standard InChI is InChI=1S/C13H16ClNO2/c1-17-13(16)11-3-2-10(14)8-12(11)9-4-6-15-7-5-9/h2-3,8-9,15H,4-7H2,1H3. The molecule has 0 radical (unpaired) electrons. The van der Waals surface area contributed by atoms with Gasteiger partial charge in [0.05, 0.1) is 12.7 Å². The molecule has 2 rings (SSSR count). The normalized spacial score (nSPS) is 16.8. The Kier molecular flexibility index (Phi) is 4.02. The second kappa shape index (κ2) is 5.52. The Hall–Kier alpha value is -1.06. The fraction of sp³-hybridized carbons (Fsp3) is 0.462. The molecule has 1 heterocycles. The van der Waals surface area contributed by atoms with E-state index in [4.69, 9.17) is 16.3 Å². The second-order valence-corrected chi connectivity index (χ2v) is 4.68. The van der Waals surface area contributed by atoms with E-state index in [-0.39, 0.29) is 5.97 Å². The summed E-state index contributed by atoms with van der Waals surface area (Å²) in [6.07, 6.45) is 2.06. The summed E-state index contributed by atoms with van der Waals surface area (Å²) in [5.41, 5.74) is 1.66. The number of hydrogen-bond acceptors (Lipinski definition) is 3. The Morgan fingerprint density at radius 2 is 2.12 bits per heavy atom. The SMILES string of the molecule is COC(=O)c1ccc(Cl)cc1C1CCNCC1. The van der Waals surface area contributed by atoms with Gasteiger partial charge in [-0.15, -0.1) is 0 Å². The molecule has 1 aromatic rings. The van der Waals surface area contributed by atoms with Crippen molar-refractivity contribution in [3.05, 3.63) is 34.3 Å². The van der Waals surface area contributed by atoms with E-state index in [1.807, 2.05) is 6.07 Å². The van der Waals surface area contributed by atoms with E-state index in [0.29, 0.717) is 16.5 Å². The van der Waals surface area contributed by atoms with Gasteiger partial charge in [-0.25, -0.2) is 4.79 Å². The molecule has 0 aromatic heterocycles. The van der Waals surface area contributed by atoms with Crippen molar-refractivity contribution in [2.24, 2.45) is 0 Å². The number of piperidine rings is 1. The number of halogens is 1. The molecule has 0 saturated carbocycles. The van der Waals surface area contributed by atoms with Gasteiger partial charge in [0.1, 0.15) is 0 Å². The van der Waals surface area contributed by atoms with Crippen LogP contribution in [0.15, 0.2) is 18.2 Å². The zero-order chi connectivity index (χ0) is 12.3. The predicted molar refractivity (Wildman–Crippen MR) is 67.6 cm³/mol. The van der Waals surface area contributed by atoms with Crippen LogP contribution in [0.2, 0.25) is 5.02 Å². The van der Waals surface area contributed by atoms with E-state index in [2.05, 4.69) is 5.32 Å². The molecule has 1 aliphatic rings. The largest absolute Gasteiger partial charge is 0.465 e. The molecular weight excluding hydrogens is 238 g/mol. The van der Waals surface area contributed by atoms with Gasteiger partial charge in [-0.05, 0) is 55.6 Å². The number of carbonyl (C=O) groups excluding carboxylic acids is 1. The van der Waals surface area contributed by atoms with Crippen LogP contribution in [0.4, 0.5) is 0 Å². The van der Waals surface area contributed by atoms with E-state index >= 15 is 0 Å². The molecule has 0 atom stereocenters. The minimum absolute atomic E-state index is 0.282. The minimum Gasteiger partial charge on any atom is -0.465 e. The van der Waals surface area contributed by atoms with Gasteiger partial charge in [0.2, 0.25) is 0 Å². The molecular formula is C13H16ClNO2. The molecule has 0 aliphatic carbocycles. The van der Waals surface area contributed by atoms with Gasteiger partial charge in [0.25, 0.3) is 0 Å². The molecule has 1 saturated heterocycles. The topological polar surface area (TPSA) is 38.3 Å². The van der Waals surface area contributed by atoms with E-state index < -0.39 is 0 Å². The lowest BCUT2D eigenvalue weighted by Gasteiger charge is -2.24. The summed E-state index contributed by atoms with van der Waals surface area (Å²) in [6.45, 7) is 1.97. The number of rotatable bonds is 2. The molecule has 0 amide bonds. The van der Waals surface area contributed by atoms with Gasteiger partial charge >= 0.3 is 5.97 Å². The molecule has 4 heteroatoms. The predicted octanol–water partition coefficient (Wildman–Crippen LogP) is 2.59. The van der Waals surface area contributed by atoms with Crippen LogP contribution in [-0.4, -0.2) is 26.2 Å². The molecule has 0 unspecified atom stereocenters. The van der Waals surface area contributed by atoms with Crippen LogP contribution >= 0.6 is 11.6 Å². The Morgan fingerprint density at radius 1 is 1.41 bits per heavy atom. The fourth-order valence-corrected chi connectivity index (χ4v) is 2.48. The maximum Gasteiger partial charge on any atom is 0.338 e. The Labute approximate surface area is 106 Å². The third-order valence-electron chi connectivity index (χ3n) is 3.20. The van der Waals surface area contributed by atoms with Crippen molar-refractivity contribution in [3.8, 4) is 0 Å². The monoisotopic (exact) mass is 253 g/mol.